The van der Waals surface area contributed by atoms with Crippen LogP contribution >= 0.6 is 0 Å². The van der Waals surface area contributed by atoms with Gasteiger partial charge in [-0.25, -0.2) is 4.39 Å². The van der Waals surface area contributed by atoms with Crippen molar-refractivity contribution in [3.8, 4) is 0 Å². The van der Waals surface area contributed by atoms with Crippen molar-refractivity contribution in [1.82, 2.24) is 15.2 Å². The molecule has 2 heterocycles. The lowest BCUT2D eigenvalue weighted by atomic mass is 9.88. The van der Waals surface area contributed by atoms with Gasteiger partial charge in [0.2, 0.25) is 5.91 Å². The van der Waals surface area contributed by atoms with E-state index >= 15 is 0 Å². The number of fused-ring (bicyclic) bond motifs is 1. The lowest BCUT2D eigenvalue weighted by Gasteiger charge is -2.33. The minimum Gasteiger partial charge on any atom is -0.361 e. The van der Waals surface area contributed by atoms with Gasteiger partial charge in [0.1, 0.15) is 5.82 Å². The van der Waals surface area contributed by atoms with Crippen LogP contribution in [0.3, 0.4) is 0 Å². The van der Waals surface area contributed by atoms with Crippen LogP contribution in [-0.2, 0) is 4.79 Å². The standard InChI is InChI=1S/C26H32FN3O/c1-19-7-4-5-15-30(19)16-6-14-28-26(31)17-23(20-10-12-21(27)13-11-20)24-18-29-25-9-3-2-8-22(24)25/h2-3,8-13,18-19,23,29H,4-7,14-17H2,1H3,(H,28,31). The minimum absolute atomic E-state index is 0.0336. The van der Waals surface area contributed by atoms with Gasteiger partial charge >= 0.3 is 0 Å². The summed E-state index contributed by atoms with van der Waals surface area (Å²) in [5, 5.41) is 4.21. The molecule has 1 saturated heterocycles. The van der Waals surface area contributed by atoms with Crippen molar-refractivity contribution in [2.24, 2.45) is 0 Å². The molecule has 164 valence electrons. The molecule has 0 spiro atoms. The molecule has 1 aliphatic heterocycles. The van der Waals surface area contributed by atoms with E-state index in [2.05, 4.69) is 28.2 Å². The lowest BCUT2D eigenvalue weighted by molar-refractivity contribution is -0.121. The van der Waals surface area contributed by atoms with E-state index in [1.54, 1.807) is 12.1 Å². The Morgan fingerprint density at radius 1 is 1.19 bits per heavy atom. The number of carbonyl (C=O) groups excluding carboxylic acids is 1. The van der Waals surface area contributed by atoms with Crippen molar-refractivity contribution < 1.29 is 9.18 Å². The first kappa shape index (κ1) is 21.6. The van der Waals surface area contributed by atoms with Crippen LogP contribution in [-0.4, -0.2) is 41.5 Å². The molecule has 2 aromatic carbocycles. The Kier molecular flexibility index (Phi) is 7.03. The number of piperidine rings is 1. The van der Waals surface area contributed by atoms with Gasteiger partial charge in [-0.2, -0.15) is 0 Å². The summed E-state index contributed by atoms with van der Waals surface area (Å²) in [4.78, 5) is 18.7. The Balaban J connectivity index is 1.41. The molecule has 2 unspecified atom stereocenters. The molecule has 0 radical (unpaired) electrons. The van der Waals surface area contributed by atoms with Gasteiger partial charge in [-0.05, 0) is 62.1 Å². The van der Waals surface area contributed by atoms with Crippen LogP contribution in [0.4, 0.5) is 4.39 Å². The summed E-state index contributed by atoms with van der Waals surface area (Å²) in [5.74, 6) is -0.358. The average Bonchev–Trinajstić information content (AvgIpc) is 3.21. The maximum atomic E-state index is 13.5. The molecule has 3 aromatic rings. The smallest absolute Gasteiger partial charge is 0.220 e. The van der Waals surface area contributed by atoms with Crippen molar-refractivity contribution in [2.75, 3.05) is 19.6 Å². The van der Waals surface area contributed by atoms with E-state index in [4.69, 9.17) is 0 Å². The number of nitrogens with one attached hydrogen (secondary N) is 2. The number of carbonyl (C=O) groups is 1. The topological polar surface area (TPSA) is 48.1 Å². The molecule has 0 saturated carbocycles. The summed E-state index contributed by atoms with van der Waals surface area (Å²) in [5.41, 5.74) is 3.06. The number of benzene rings is 2. The van der Waals surface area contributed by atoms with E-state index in [1.165, 1.54) is 37.9 Å². The number of amides is 1. The molecule has 0 aliphatic carbocycles. The summed E-state index contributed by atoms with van der Waals surface area (Å²) in [7, 11) is 0. The highest BCUT2D eigenvalue weighted by molar-refractivity contribution is 5.86. The Morgan fingerprint density at radius 2 is 2.00 bits per heavy atom. The van der Waals surface area contributed by atoms with Gasteiger partial charge in [-0.3, -0.25) is 4.79 Å². The quantitative estimate of drug-likeness (QED) is 0.491. The second kappa shape index (κ2) is 10.1. The van der Waals surface area contributed by atoms with Gasteiger partial charge < -0.3 is 15.2 Å². The molecular formula is C26H32FN3O. The van der Waals surface area contributed by atoms with E-state index in [0.29, 0.717) is 19.0 Å². The zero-order valence-electron chi connectivity index (χ0n) is 18.2. The normalized spacial score (nSPS) is 18.2. The van der Waals surface area contributed by atoms with Crippen LogP contribution in [0.2, 0.25) is 0 Å². The summed E-state index contributed by atoms with van der Waals surface area (Å²) in [6, 6.07) is 15.2. The molecule has 2 N–H and O–H groups in total. The fourth-order valence-electron chi connectivity index (χ4n) is 4.74. The Morgan fingerprint density at radius 3 is 2.81 bits per heavy atom. The number of likely N-dealkylation sites (tertiary alicyclic amines) is 1. The molecule has 4 rings (SSSR count). The van der Waals surface area contributed by atoms with Crippen LogP contribution in [0.15, 0.2) is 54.7 Å². The van der Waals surface area contributed by atoms with E-state index < -0.39 is 0 Å². The number of aromatic amines is 1. The first-order valence-electron chi connectivity index (χ1n) is 11.4. The van der Waals surface area contributed by atoms with E-state index in [0.717, 1.165) is 35.0 Å². The fourth-order valence-corrected chi connectivity index (χ4v) is 4.74. The predicted molar refractivity (Wildman–Crippen MR) is 124 cm³/mol. The van der Waals surface area contributed by atoms with Crippen LogP contribution in [0.5, 0.6) is 0 Å². The number of H-pyrrole nitrogens is 1. The summed E-state index contributed by atoms with van der Waals surface area (Å²) in [6.07, 6.45) is 7.16. The van der Waals surface area contributed by atoms with Gasteiger partial charge in [0.15, 0.2) is 0 Å². The summed E-state index contributed by atoms with van der Waals surface area (Å²) >= 11 is 0. The van der Waals surface area contributed by atoms with Crippen LogP contribution in [0, 0.1) is 5.82 Å². The second-order valence-electron chi connectivity index (χ2n) is 8.68. The highest BCUT2D eigenvalue weighted by atomic mass is 19.1. The number of aromatic nitrogens is 1. The highest BCUT2D eigenvalue weighted by Gasteiger charge is 2.22. The maximum absolute atomic E-state index is 13.5. The van der Waals surface area contributed by atoms with Crippen molar-refractivity contribution in [3.63, 3.8) is 0 Å². The zero-order chi connectivity index (χ0) is 21.6. The lowest BCUT2D eigenvalue weighted by Crippen LogP contribution is -2.39. The monoisotopic (exact) mass is 421 g/mol. The SMILES string of the molecule is CC1CCCCN1CCCNC(=O)CC(c1ccc(F)cc1)c1c[nH]c2ccccc12. The average molecular weight is 422 g/mol. The molecule has 4 nitrogen and oxygen atoms in total. The Bertz CT molecular complexity index is 997. The molecule has 31 heavy (non-hydrogen) atoms. The Labute approximate surface area is 183 Å². The van der Waals surface area contributed by atoms with Crippen molar-refractivity contribution in [1.29, 1.82) is 0 Å². The number of halogens is 1. The molecule has 2 atom stereocenters. The molecule has 0 bridgehead atoms. The third kappa shape index (κ3) is 5.34. The Hall–Kier alpha value is -2.66. The predicted octanol–water partition coefficient (Wildman–Crippen LogP) is 5.21. The minimum atomic E-state index is -0.266. The van der Waals surface area contributed by atoms with Crippen LogP contribution in [0.25, 0.3) is 10.9 Å². The zero-order valence-corrected chi connectivity index (χ0v) is 18.2. The molecule has 1 aromatic heterocycles. The number of nitrogens with zero attached hydrogens (tertiary/aromatic N) is 1. The first-order valence-corrected chi connectivity index (χ1v) is 11.4. The van der Waals surface area contributed by atoms with E-state index in [-0.39, 0.29) is 17.6 Å². The molecule has 1 fully saturated rings. The van der Waals surface area contributed by atoms with Gasteiger partial charge in [-0.15, -0.1) is 0 Å². The van der Waals surface area contributed by atoms with E-state index in [1.807, 2.05) is 24.4 Å². The van der Waals surface area contributed by atoms with Crippen molar-refractivity contribution in [3.05, 3.63) is 71.7 Å². The molecular weight excluding hydrogens is 389 g/mol. The van der Waals surface area contributed by atoms with Gasteiger partial charge in [-0.1, -0.05) is 36.8 Å². The number of hydrogen-bond acceptors (Lipinski definition) is 2. The second-order valence-corrected chi connectivity index (χ2v) is 8.68. The fraction of sp³-hybridized carbons (Fsp3) is 0.423. The maximum Gasteiger partial charge on any atom is 0.220 e. The third-order valence-corrected chi connectivity index (χ3v) is 6.54. The summed E-state index contributed by atoms with van der Waals surface area (Å²) in [6.45, 7) is 5.19. The van der Waals surface area contributed by atoms with E-state index in [9.17, 15) is 9.18 Å². The van der Waals surface area contributed by atoms with Crippen LogP contribution < -0.4 is 5.32 Å². The van der Waals surface area contributed by atoms with Gasteiger partial charge in [0.05, 0.1) is 0 Å². The number of para-hydroxylation sites is 1. The van der Waals surface area contributed by atoms with Gasteiger partial charge in [0, 0.05) is 48.6 Å². The van der Waals surface area contributed by atoms with Gasteiger partial charge in [0.25, 0.3) is 0 Å². The largest absolute Gasteiger partial charge is 0.361 e. The van der Waals surface area contributed by atoms with Crippen molar-refractivity contribution in [2.45, 2.75) is 51.0 Å². The molecule has 1 aliphatic rings. The summed E-state index contributed by atoms with van der Waals surface area (Å²) < 4.78 is 13.5. The molecule has 5 heteroatoms. The van der Waals surface area contributed by atoms with Crippen LogP contribution in [0.1, 0.15) is 56.1 Å². The number of rotatable bonds is 8. The highest BCUT2D eigenvalue weighted by Crippen LogP contribution is 2.33. The first-order chi connectivity index (χ1) is 15.1. The number of hydrogen-bond donors (Lipinski definition) is 2. The molecule has 1 amide bonds. The van der Waals surface area contributed by atoms with Crippen molar-refractivity contribution >= 4 is 16.8 Å². The third-order valence-electron chi connectivity index (χ3n) is 6.54.